The van der Waals surface area contributed by atoms with Crippen molar-refractivity contribution in [3.63, 3.8) is 0 Å². The number of imidazole rings is 1. The number of rotatable bonds is 3. The van der Waals surface area contributed by atoms with E-state index >= 15 is 0 Å². The van der Waals surface area contributed by atoms with Crippen LogP contribution in [0, 0.1) is 0 Å². The number of benzene rings is 1. The van der Waals surface area contributed by atoms with Crippen LogP contribution >= 0.6 is 0 Å². The topological polar surface area (TPSA) is 37.5 Å². The summed E-state index contributed by atoms with van der Waals surface area (Å²) in [6.45, 7) is 3.92. The van der Waals surface area contributed by atoms with E-state index in [0.29, 0.717) is 0 Å². The Labute approximate surface area is 118 Å². The molecule has 3 aromatic rings. The van der Waals surface area contributed by atoms with Gasteiger partial charge in [-0.05, 0) is 31.0 Å². The first kappa shape index (κ1) is 12.9. The summed E-state index contributed by atoms with van der Waals surface area (Å²) in [4.78, 5) is 4.66. The summed E-state index contributed by atoms with van der Waals surface area (Å²) in [6, 6.07) is 14.2. The first-order valence-corrected chi connectivity index (χ1v) is 6.95. The number of hydrogen-bond donors (Lipinski definition) is 1. The maximum absolute atomic E-state index is 10.1. The number of nitrogens with zero attached hydrogens (tertiary/aromatic N) is 2. The minimum Gasteiger partial charge on any atom is -0.387 e. The van der Waals surface area contributed by atoms with Gasteiger partial charge in [-0.3, -0.25) is 0 Å². The Hall–Kier alpha value is -2.13. The van der Waals surface area contributed by atoms with Crippen molar-refractivity contribution in [2.24, 2.45) is 0 Å². The summed E-state index contributed by atoms with van der Waals surface area (Å²) >= 11 is 0. The van der Waals surface area contributed by atoms with Crippen LogP contribution in [0.2, 0.25) is 0 Å². The molecule has 2 heterocycles. The normalized spacial score (nSPS) is 12.8. The van der Waals surface area contributed by atoms with Crippen LogP contribution in [0.15, 0.2) is 48.7 Å². The molecule has 102 valence electrons. The van der Waals surface area contributed by atoms with Crippen LogP contribution in [-0.2, 0) is 6.42 Å². The molecule has 0 radical (unpaired) electrons. The monoisotopic (exact) mass is 266 g/mol. The van der Waals surface area contributed by atoms with Gasteiger partial charge in [-0.15, -0.1) is 0 Å². The average molecular weight is 266 g/mol. The van der Waals surface area contributed by atoms with Crippen molar-refractivity contribution in [2.45, 2.75) is 26.4 Å². The van der Waals surface area contributed by atoms with Gasteiger partial charge in [-0.2, -0.15) is 0 Å². The molecular weight excluding hydrogens is 248 g/mol. The SMILES string of the molecule is CCc1ccc(-c2nc3ccccn3c2C(C)O)cc1. The second-order valence-electron chi connectivity index (χ2n) is 5.00. The maximum Gasteiger partial charge on any atom is 0.137 e. The van der Waals surface area contributed by atoms with E-state index in [0.717, 1.165) is 29.0 Å². The third-order valence-corrected chi connectivity index (χ3v) is 3.60. The van der Waals surface area contributed by atoms with Crippen molar-refractivity contribution in [2.75, 3.05) is 0 Å². The zero-order valence-corrected chi connectivity index (χ0v) is 11.7. The Kier molecular flexibility index (Phi) is 3.28. The fraction of sp³-hybridized carbons (Fsp3) is 0.235. The zero-order chi connectivity index (χ0) is 14.1. The molecule has 1 N–H and O–H groups in total. The lowest BCUT2D eigenvalue weighted by Crippen LogP contribution is -1.99. The average Bonchev–Trinajstić information content (AvgIpc) is 2.86. The smallest absolute Gasteiger partial charge is 0.137 e. The highest BCUT2D eigenvalue weighted by Crippen LogP contribution is 2.29. The van der Waals surface area contributed by atoms with Gasteiger partial charge in [0.25, 0.3) is 0 Å². The van der Waals surface area contributed by atoms with E-state index in [9.17, 15) is 5.11 Å². The molecular formula is C17H18N2O. The molecule has 3 rings (SSSR count). The van der Waals surface area contributed by atoms with E-state index in [1.807, 2.05) is 28.8 Å². The van der Waals surface area contributed by atoms with Gasteiger partial charge in [-0.25, -0.2) is 4.98 Å². The molecule has 1 atom stereocenters. The van der Waals surface area contributed by atoms with Crippen molar-refractivity contribution in [3.05, 3.63) is 59.9 Å². The van der Waals surface area contributed by atoms with Crippen LogP contribution in [0.5, 0.6) is 0 Å². The van der Waals surface area contributed by atoms with Crippen LogP contribution in [0.3, 0.4) is 0 Å². The Morgan fingerprint density at radius 3 is 2.55 bits per heavy atom. The minimum absolute atomic E-state index is 0.562. The fourth-order valence-electron chi connectivity index (χ4n) is 2.52. The van der Waals surface area contributed by atoms with Crippen LogP contribution in [0.4, 0.5) is 0 Å². The lowest BCUT2D eigenvalue weighted by Gasteiger charge is -2.08. The summed E-state index contributed by atoms with van der Waals surface area (Å²) in [5, 5.41) is 10.1. The number of aliphatic hydroxyl groups excluding tert-OH is 1. The molecule has 0 amide bonds. The van der Waals surface area contributed by atoms with Gasteiger partial charge in [0.15, 0.2) is 0 Å². The standard InChI is InChI=1S/C17H18N2O/c1-3-13-7-9-14(10-8-13)16-17(12(2)20)19-11-5-4-6-15(19)18-16/h4-12,20H,3H2,1-2H3. The second kappa shape index (κ2) is 5.10. The molecule has 0 saturated heterocycles. The van der Waals surface area contributed by atoms with E-state index in [2.05, 4.69) is 36.2 Å². The van der Waals surface area contributed by atoms with Crippen molar-refractivity contribution < 1.29 is 5.11 Å². The quantitative estimate of drug-likeness (QED) is 0.786. The molecule has 2 aromatic heterocycles. The molecule has 0 aliphatic rings. The van der Waals surface area contributed by atoms with Gasteiger partial charge in [0, 0.05) is 11.8 Å². The first-order chi connectivity index (χ1) is 9.70. The Morgan fingerprint density at radius 1 is 1.15 bits per heavy atom. The second-order valence-corrected chi connectivity index (χ2v) is 5.00. The number of fused-ring (bicyclic) bond motifs is 1. The van der Waals surface area contributed by atoms with Gasteiger partial charge >= 0.3 is 0 Å². The number of aryl methyl sites for hydroxylation is 1. The molecule has 0 saturated carbocycles. The van der Waals surface area contributed by atoms with Gasteiger partial charge in [-0.1, -0.05) is 37.3 Å². The van der Waals surface area contributed by atoms with Crippen LogP contribution in [-0.4, -0.2) is 14.5 Å². The van der Waals surface area contributed by atoms with E-state index in [-0.39, 0.29) is 0 Å². The Morgan fingerprint density at radius 2 is 1.90 bits per heavy atom. The number of aliphatic hydroxyl groups is 1. The highest BCUT2D eigenvalue weighted by molar-refractivity contribution is 5.67. The lowest BCUT2D eigenvalue weighted by atomic mass is 10.0. The van der Waals surface area contributed by atoms with Gasteiger partial charge < -0.3 is 9.51 Å². The zero-order valence-electron chi connectivity index (χ0n) is 11.7. The molecule has 0 bridgehead atoms. The van der Waals surface area contributed by atoms with E-state index in [1.54, 1.807) is 6.92 Å². The maximum atomic E-state index is 10.1. The first-order valence-electron chi connectivity index (χ1n) is 6.95. The molecule has 3 nitrogen and oxygen atoms in total. The van der Waals surface area contributed by atoms with Crippen LogP contribution in [0.25, 0.3) is 16.9 Å². The third kappa shape index (κ3) is 2.10. The molecule has 3 heteroatoms. The number of pyridine rings is 1. The third-order valence-electron chi connectivity index (χ3n) is 3.60. The van der Waals surface area contributed by atoms with Crippen LogP contribution < -0.4 is 0 Å². The molecule has 0 fully saturated rings. The van der Waals surface area contributed by atoms with Crippen molar-refractivity contribution >= 4 is 5.65 Å². The summed E-state index contributed by atoms with van der Waals surface area (Å²) in [5.41, 5.74) is 4.90. The molecule has 1 aromatic carbocycles. The fourth-order valence-corrected chi connectivity index (χ4v) is 2.52. The van der Waals surface area contributed by atoms with Gasteiger partial charge in [0.2, 0.25) is 0 Å². The van der Waals surface area contributed by atoms with Crippen molar-refractivity contribution in [3.8, 4) is 11.3 Å². The van der Waals surface area contributed by atoms with Gasteiger partial charge in [0.1, 0.15) is 5.65 Å². The minimum atomic E-state index is -0.562. The predicted octanol–water partition coefficient (Wildman–Crippen LogP) is 3.62. The van der Waals surface area contributed by atoms with E-state index < -0.39 is 6.10 Å². The number of hydrogen-bond acceptors (Lipinski definition) is 2. The highest BCUT2D eigenvalue weighted by atomic mass is 16.3. The van der Waals surface area contributed by atoms with E-state index in [4.69, 9.17) is 0 Å². The molecule has 1 unspecified atom stereocenters. The number of aromatic nitrogens is 2. The van der Waals surface area contributed by atoms with Gasteiger partial charge in [0.05, 0.1) is 17.5 Å². The predicted molar refractivity (Wildman–Crippen MR) is 80.6 cm³/mol. The molecule has 0 spiro atoms. The summed E-state index contributed by atoms with van der Waals surface area (Å²) in [7, 11) is 0. The van der Waals surface area contributed by atoms with Crippen molar-refractivity contribution in [1.82, 2.24) is 9.38 Å². The largest absolute Gasteiger partial charge is 0.387 e. The Balaban J connectivity index is 2.21. The molecule has 20 heavy (non-hydrogen) atoms. The van der Waals surface area contributed by atoms with Crippen LogP contribution in [0.1, 0.15) is 31.2 Å². The molecule has 0 aliphatic carbocycles. The summed E-state index contributed by atoms with van der Waals surface area (Å²) in [6.07, 6.45) is 2.40. The Bertz CT molecular complexity index is 726. The lowest BCUT2D eigenvalue weighted by molar-refractivity contribution is 0.194. The summed E-state index contributed by atoms with van der Waals surface area (Å²) in [5.74, 6) is 0. The highest BCUT2D eigenvalue weighted by Gasteiger charge is 2.17. The summed E-state index contributed by atoms with van der Waals surface area (Å²) < 4.78 is 1.95. The van der Waals surface area contributed by atoms with E-state index in [1.165, 1.54) is 5.56 Å². The van der Waals surface area contributed by atoms with Crippen molar-refractivity contribution in [1.29, 1.82) is 0 Å². The molecule has 0 aliphatic heterocycles.